The highest BCUT2D eigenvalue weighted by Gasteiger charge is 2.42. The second-order valence-electron chi connectivity index (χ2n) is 6.61. The molecule has 0 radical (unpaired) electrons. The summed E-state index contributed by atoms with van der Waals surface area (Å²) in [5.41, 5.74) is 1.57. The molecule has 2 heterocycles. The van der Waals surface area contributed by atoms with Gasteiger partial charge >= 0.3 is 0 Å². The van der Waals surface area contributed by atoms with Crippen molar-refractivity contribution in [2.75, 3.05) is 46.5 Å². The summed E-state index contributed by atoms with van der Waals surface area (Å²) >= 11 is 0. The molecule has 0 bridgehead atoms. The molecule has 24 heavy (non-hydrogen) atoms. The number of rotatable bonds is 4. The van der Waals surface area contributed by atoms with Gasteiger partial charge in [0.25, 0.3) is 0 Å². The van der Waals surface area contributed by atoms with Crippen molar-refractivity contribution in [2.24, 2.45) is 10.4 Å². The summed E-state index contributed by atoms with van der Waals surface area (Å²) in [7, 11) is 1.85. The fourth-order valence-corrected chi connectivity index (χ4v) is 3.46. The van der Waals surface area contributed by atoms with E-state index in [2.05, 4.69) is 34.3 Å². The minimum Gasteiger partial charge on any atom is -0.492 e. The van der Waals surface area contributed by atoms with E-state index < -0.39 is 0 Å². The molecule has 0 aliphatic carbocycles. The number of nitrogens with zero attached hydrogens (tertiary/aromatic N) is 2. The first-order valence-electron chi connectivity index (χ1n) is 8.44. The standard InChI is InChI=1S/C18H27N3O2.HI/c1-15-4-3-5-16(12-15)23-11-8-20-17(19-2)21-9-6-18(13-21)7-10-22-14-18;/h3-5,12H,6-11,13-14H2,1-2H3,(H,19,20);1H. The molecule has 1 aromatic rings. The van der Waals surface area contributed by atoms with Gasteiger partial charge in [0.15, 0.2) is 5.96 Å². The van der Waals surface area contributed by atoms with Crippen LogP contribution in [0.25, 0.3) is 0 Å². The molecule has 3 rings (SSSR count). The number of nitrogens with one attached hydrogen (secondary N) is 1. The van der Waals surface area contributed by atoms with E-state index in [1.54, 1.807) is 0 Å². The Morgan fingerprint density at radius 2 is 2.29 bits per heavy atom. The molecule has 6 heteroatoms. The van der Waals surface area contributed by atoms with E-state index in [9.17, 15) is 0 Å². The number of aliphatic imine (C=N–C) groups is 1. The van der Waals surface area contributed by atoms with Gasteiger partial charge in [-0.3, -0.25) is 4.99 Å². The van der Waals surface area contributed by atoms with Crippen molar-refractivity contribution in [3.8, 4) is 5.75 Å². The van der Waals surface area contributed by atoms with Gasteiger partial charge < -0.3 is 19.7 Å². The molecule has 2 aliphatic rings. The molecule has 0 aromatic heterocycles. The smallest absolute Gasteiger partial charge is 0.193 e. The van der Waals surface area contributed by atoms with Crippen LogP contribution < -0.4 is 10.1 Å². The van der Waals surface area contributed by atoms with Crippen LogP contribution in [0, 0.1) is 12.3 Å². The lowest BCUT2D eigenvalue weighted by Gasteiger charge is -2.24. The number of benzene rings is 1. The summed E-state index contributed by atoms with van der Waals surface area (Å²) < 4.78 is 11.4. The molecule has 1 atom stereocenters. The minimum atomic E-state index is 0. The average Bonchev–Trinajstić information content (AvgIpc) is 3.18. The average molecular weight is 445 g/mol. The Balaban J connectivity index is 0.00000208. The van der Waals surface area contributed by atoms with Crippen LogP contribution in [-0.2, 0) is 4.74 Å². The third kappa shape index (κ3) is 4.75. The van der Waals surface area contributed by atoms with Crippen molar-refractivity contribution < 1.29 is 9.47 Å². The number of guanidine groups is 1. The zero-order valence-electron chi connectivity index (χ0n) is 14.6. The minimum absolute atomic E-state index is 0. The van der Waals surface area contributed by atoms with Crippen LogP contribution in [0.15, 0.2) is 29.3 Å². The second-order valence-corrected chi connectivity index (χ2v) is 6.61. The van der Waals surface area contributed by atoms with Gasteiger partial charge in [-0.2, -0.15) is 0 Å². The molecule has 2 saturated heterocycles. The third-order valence-electron chi connectivity index (χ3n) is 4.78. The summed E-state index contributed by atoms with van der Waals surface area (Å²) in [6.07, 6.45) is 2.38. The van der Waals surface area contributed by atoms with E-state index >= 15 is 0 Å². The summed E-state index contributed by atoms with van der Waals surface area (Å²) in [4.78, 5) is 6.77. The summed E-state index contributed by atoms with van der Waals surface area (Å²) in [5, 5.41) is 3.41. The van der Waals surface area contributed by atoms with Crippen LogP contribution in [0.4, 0.5) is 0 Å². The molecule has 2 aliphatic heterocycles. The summed E-state index contributed by atoms with van der Waals surface area (Å²) in [5.74, 6) is 1.90. The zero-order chi connectivity index (χ0) is 16.1. The molecule has 1 N–H and O–H groups in total. The van der Waals surface area contributed by atoms with E-state index in [0.717, 1.165) is 44.6 Å². The molecule has 1 aromatic carbocycles. The first kappa shape index (κ1) is 19.3. The molecule has 5 nitrogen and oxygen atoms in total. The maximum absolute atomic E-state index is 5.78. The molecule has 1 unspecified atom stereocenters. The summed E-state index contributed by atoms with van der Waals surface area (Å²) in [6, 6.07) is 8.14. The summed E-state index contributed by atoms with van der Waals surface area (Å²) in [6.45, 7) is 7.36. The Labute approximate surface area is 161 Å². The molecule has 1 spiro atoms. The Kier molecular flexibility index (Phi) is 7.16. The van der Waals surface area contributed by atoms with Gasteiger partial charge in [0.1, 0.15) is 12.4 Å². The number of ether oxygens (including phenoxy) is 2. The van der Waals surface area contributed by atoms with Crippen molar-refractivity contribution >= 4 is 29.9 Å². The highest BCUT2D eigenvalue weighted by Crippen LogP contribution is 2.38. The molecule has 0 amide bonds. The predicted octanol–water partition coefficient (Wildman–Crippen LogP) is 2.68. The van der Waals surface area contributed by atoms with E-state index in [-0.39, 0.29) is 24.0 Å². The van der Waals surface area contributed by atoms with Crippen molar-refractivity contribution in [2.45, 2.75) is 19.8 Å². The van der Waals surface area contributed by atoms with Crippen molar-refractivity contribution in [3.63, 3.8) is 0 Å². The number of hydrogen-bond donors (Lipinski definition) is 1. The molecule has 0 saturated carbocycles. The van der Waals surface area contributed by atoms with Crippen molar-refractivity contribution in [3.05, 3.63) is 29.8 Å². The van der Waals surface area contributed by atoms with Crippen LogP contribution in [0.2, 0.25) is 0 Å². The van der Waals surface area contributed by atoms with Gasteiger partial charge in [0, 0.05) is 32.2 Å². The quantitative estimate of drug-likeness (QED) is 0.335. The lowest BCUT2D eigenvalue weighted by atomic mass is 9.87. The van der Waals surface area contributed by atoms with Crippen molar-refractivity contribution in [1.29, 1.82) is 0 Å². The Bertz CT molecular complexity index is 559. The molecular weight excluding hydrogens is 417 g/mol. The largest absolute Gasteiger partial charge is 0.492 e. The SMILES string of the molecule is CN=C(NCCOc1cccc(C)c1)N1CCC2(CCOC2)C1.I. The first-order valence-corrected chi connectivity index (χ1v) is 8.44. The topological polar surface area (TPSA) is 46.1 Å². The maximum atomic E-state index is 5.78. The fourth-order valence-electron chi connectivity index (χ4n) is 3.46. The molecule has 2 fully saturated rings. The van der Waals surface area contributed by atoms with Crippen molar-refractivity contribution in [1.82, 2.24) is 10.2 Å². The van der Waals surface area contributed by atoms with Gasteiger partial charge in [-0.25, -0.2) is 0 Å². The Morgan fingerprint density at radius 1 is 1.42 bits per heavy atom. The number of hydrogen-bond acceptors (Lipinski definition) is 3. The Hall–Kier alpha value is -1.02. The van der Waals surface area contributed by atoms with Crippen LogP contribution in [0.3, 0.4) is 0 Å². The highest BCUT2D eigenvalue weighted by molar-refractivity contribution is 14.0. The lowest BCUT2D eigenvalue weighted by Crippen LogP contribution is -2.42. The Morgan fingerprint density at radius 3 is 3.00 bits per heavy atom. The second kappa shape index (κ2) is 8.89. The number of halogens is 1. The van der Waals surface area contributed by atoms with Gasteiger partial charge in [-0.15, -0.1) is 24.0 Å². The van der Waals surface area contributed by atoms with E-state index in [4.69, 9.17) is 9.47 Å². The number of likely N-dealkylation sites (tertiary alicyclic amines) is 1. The van der Waals surface area contributed by atoms with Crippen LogP contribution in [-0.4, -0.2) is 57.4 Å². The van der Waals surface area contributed by atoms with Gasteiger partial charge in [-0.1, -0.05) is 12.1 Å². The van der Waals surface area contributed by atoms with Crippen LogP contribution in [0.5, 0.6) is 5.75 Å². The maximum Gasteiger partial charge on any atom is 0.193 e. The van der Waals surface area contributed by atoms with E-state index in [1.165, 1.54) is 18.4 Å². The molecular formula is C18H28IN3O2. The van der Waals surface area contributed by atoms with E-state index in [1.807, 2.05) is 19.2 Å². The zero-order valence-corrected chi connectivity index (χ0v) is 16.9. The lowest BCUT2D eigenvalue weighted by molar-refractivity contribution is 0.156. The predicted molar refractivity (Wildman–Crippen MR) is 108 cm³/mol. The van der Waals surface area contributed by atoms with Gasteiger partial charge in [-0.05, 0) is 37.5 Å². The van der Waals surface area contributed by atoms with Gasteiger partial charge in [0.2, 0.25) is 0 Å². The normalized spacial score (nSPS) is 23.4. The fraction of sp³-hybridized carbons (Fsp3) is 0.611. The van der Waals surface area contributed by atoms with Crippen LogP contribution >= 0.6 is 24.0 Å². The number of aryl methyl sites for hydroxylation is 1. The monoisotopic (exact) mass is 445 g/mol. The third-order valence-corrected chi connectivity index (χ3v) is 4.78. The first-order chi connectivity index (χ1) is 11.2. The van der Waals surface area contributed by atoms with Gasteiger partial charge in [0.05, 0.1) is 13.2 Å². The van der Waals surface area contributed by atoms with Crippen LogP contribution in [0.1, 0.15) is 18.4 Å². The highest BCUT2D eigenvalue weighted by atomic mass is 127. The van der Waals surface area contributed by atoms with E-state index in [0.29, 0.717) is 12.0 Å². The molecule has 134 valence electrons.